The van der Waals surface area contributed by atoms with Crippen molar-refractivity contribution in [2.75, 3.05) is 11.9 Å². The maximum atomic E-state index is 12.0. The van der Waals surface area contributed by atoms with Gasteiger partial charge in [-0.25, -0.2) is 9.78 Å². The van der Waals surface area contributed by atoms with E-state index in [0.717, 1.165) is 0 Å². The van der Waals surface area contributed by atoms with Gasteiger partial charge in [0, 0.05) is 11.8 Å². The van der Waals surface area contributed by atoms with Crippen LogP contribution in [-0.2, 0) is 4.79 Å². The summed E-state index contributed by atoms with van der Waals surface area (Å²) in [6, 6.07) is 11.5. The molecular formula is C14H12N2O4. The van der Waals surface area contributed by atoms with Gasteiger partial charge in [0.1, 0.15) is 11.6 Å². The number of rotatable bonds is 5. The highest BCUT2D eigenvalue weighted by Gasteiger charge is 2.08. The number of hydrogen-bond donors (Lipinski definition) is 2. The molecule has 0 aliphatic carbocycles. The molecule has 0 atom stereocenters. The Balaban J connectivity index is 2.06. The van der Waals surface area contributed by atoms with E-state index in [2.05, 4.69) is 10.3 Å². The first kappa shape index (κ1) is 13.5. The van der Waals surface area contributed by atoms with Crippen LogP contribution >= 0.6 is 0 Å². The number of nitrogens with one attached hydrogen (secondary N) is 1. The molecule has 0 unspecified atom stereocenters. The average Bonchev–Trinajstić information content (AvgIpc) is 2.46. The zero-order chi connectivity index (χ0) is 14.4. The third-order valence-electron chi connectivity index (χ3n) is 2.37. The fourth-order valence-electron chi connectivity index (χ4n) is 1.50. The van der Waals surface area contributed by atoms with Gasteiger partial charge in [0.15, 0.2) is 6.61 Å². The summed E-state index contributed by atoms with van der Waals surface area (Å²) in [6.45, 7) is -0.453. The molecule has 0 saturated carbocycles. The molecule has 0 saturated heterocycles. The number of hydrogen-bond acceptors (Lipinski definition) is 4. The Morgan fingerprint density at radius 3 is 2.75 bits per heavy atom. The average molecular weight is 272 g/mol. The quantitative estimate of drug-likeness (QED) is 0.866. The molecule has 2 aromatic rings. The van der Waals surface area contributed by atoms with Crippen LogP contribution in [-0.4, -0.2) is 28.6 Å². The molecule has 1 aromatic heterocycles. The first-order valence-electron chi connectivity index (χ1n) is 5.82. The van der Waals surface area contributed by atoms with Gasteiger partial charge < -0.3 is 15.2 Å². The van der Waals surface area contributed by atoms with Crippen LogP contribution in [0.3, 0.4) is 0 Å². The van der Waals surface area contributed by atoms with Gasteiger partial charge in [-0.05, 0) is 30.3 Å². The lowest BCUT2D eigenvalue weighted by Crippen LogP contribution is -2.13. The standard InChI is InChI=1S/C14H12N2O4/c17-13(18)9-20-11-5-3-4-10(8-11)14(19)16-12-6-1-2-7-15-12/h1-8H,9H2,(H,17,18)(H,15,16,19). The minimum absolute atomic E-state index is 0.320. The zero-order valence-electron chi connectivity index (χ0n) is 10.4. The van der Waals surface area contributed by atoms with Crippen LogP contribution < -0.4 is 10.1 Å². The van der Waals surface area contributed by atoms with Crippen molar-refractivity contribution >= 4 is 17.7 Å². The van der Waals surface area contributed by atoms with Crippen LogP contribution in [0, 0.1) is 0 Å². The van der Waals surface area contributed by atoms with Crippen LogP contribution in [0.25, 0.3) is 0 Å². The first-order valence-corrected chi connectivity index (χ1v) is 5.82. The summed E-state index contributed by atoms with van der Waals surface area (Å²) in [5.41, 5.74) is 0.360. The van der Waals surface area contributed by atoms with Crippen molar-refractivity contribution in [3.63, 3.8) is 0 Å². The van der Waals surface area contributed by atoms with Crippen molar-refractivity contribution in [3.05, 3.63) is 54.2 Å². The number of carbonyl (C=O) groups is 2. The van der Waals surface area contributed by atoms with Gasteiger partial charge in [0.2, 0.25) is 0 Å². The number of pyridine rings is 1. The molecule has 6 nitrogen and oxygen atoms in total. The van der Waals surface area contributed by atoms with Crippen LogP contribution in [0.1, 0.15) is 10.4 Å². The van der Waals surface area contributed by atoms with E-state index in [4.69, 9.17) is 9.84 Å². The lowest BCUT2D eigenvalue weighted by molar-refractivity contribution is -0.139. The van der Waals surface area contributed by atoms with Gasteiger partial charge in [0.25, 0.3) is 5.91 Å². The van der Waals surface area contributed by atoms with Gasteiger partial charge in [-0.2, -0.15) is 0 Å². The lowest BCUT2D eigenvalue weighted by Gasteiger charge is -2.06. The zero-order valence-corrected chi connectivity index (χ0v) is 10.4. The summed E-state index contributed by atoms with van der Waals surface area (Å²) in [7, 11) is 0. The molecule has 2 rings (SSSR count). The third-order valence-corrected chi connectivity index (χ3v) is 2.37. The van der Waals surface area contributed by atoms with Gasteiger partial charge in [-0.3, -0.25) is 4.79 Å². The van der Waals surface area contributed by atoms with E-state index in [-0.39, 0.29) is 5.91 Å². The number of benzene rings is 1. The summed E-state index contributed by atoms with van der Waals surface area (Å²) in [6.07, 6.45) is 1.57. The Labute approximate surface area is 115 Å². The second kappa shape index (κ2) is 6.33. The molecule has 2 N–H and O–H groups in total. The molecule has 1 aromatic carbocycles. The van der Waals surface area contributed by atoms with Crippen molar-refractivity contribution in [1.82, 2.24) is 4.98 Å². The van der Waals surface area contributed by atoms with E-state index in [1.807, 2.05) is 0 Å². The molecule has 0 aliphatic heterocycles. The predicted molar refractivity (Wildman–Crippen MR) is 71.8 cm³/mol. The summed E-state index contributed by atoms with van der Waals surface area (Å²) >= 11 is 0. The molecular weight excluding hydrogens is 260 g/mol. The number of aliphatic carboxylic acids is 1. The van der Waals surface area contributed by atoms with Gasteiger partial charge in [-0.1, -0.05) is 12.1 Å². The largest absolute Gasteiger partial charge is 0.482 e. The highest BCUT2D eigenvalue weighted by Crippen LogP contribution is 2.14. The highest BCUT2D eigenvalue weighted by molar-refractivity contribution is 6.03. The molecule has 1 amide bonds. The summed E-state index contributed by atoms with van der Waals surface area (Å²) in [5, 5.41) is 11.2. The molecule has 1 heterocycles. The Kier molecular flexibility index (Phi) is 4.28. The summed E-state index contributed by atoms with van der Waals surface area (Å²) in [5.74, 6) is -0.659. The minimum atomic E-state index is -1.08. The summed E-state index contributed by atoms with van der Waals surface area (Å²) in [4.78, 5) is 26.4. The molecule has 0 bridgehead atoms. The number of anilines is 1. The molecule has 0 aliphatic rings. The van der Waals surface area contributed by atoms with Crippen LogP contribution in [0.4, 0.5) is 5.82 Å². The van der Waals surface area contributed by atoms with Gasteiger partial charge in [0.05, 0.1) is 0 Å². The van der Waals surface area contributed by atoms with Crippen molar-refractivity contribution in [2.24, 2.45) is 0 Å². The Hall–Kier alpha value is -2.89. The third kappa shape index (κ3) is 3.81. The van der Waals surface area contributed by atoms with Crippen molar-refractivity contribution in [3.8, 4) is 5.75 Å². The van der Waals surface area contributed by atoms with Gasteiger partial charge in [-0.15, -0.1) is 0 Å². The van der Waals surface area contributed by atoms with Crippen LogP contribution in [0.5, 0.6) is 5.75 Å². The smallest absolute Gasteiger partial charge is 0.341 e. The van der Waals surface area contributed by atoms with E-state index >= 15 is 0 Å². The number of amides is 1. The number of carboxylic acid groups (broad SMARTS) is 1. The second-order valence-electron chi connectivity index (χ2n) is 3.88. The van der Waals surface area contributed by atoms with Crippen molar-refractivity contribution < 1.29 is 19.4 Å². The SMILES string of the molecule is O=C(O)COc1cccc(C(=O)Nc2ccccn2)c1. The van der Waals surface area contributed by atoms with E-state index < -0.39 is 12.6 Å². The highest BCUT2D eigenvalue weighted by atomic mass is 16.5. The molecule has 0 fully saturated rings. The van der Waals surface area contributed by atoms with Crippen molar-refractivity contribution in [2.45, 2.75) is 0 Å². The van der Waals surface area contributed by atoms with Crippen LogP contribution in [0.2, 0.25) is 0 Å². The molecule has 6 heteroatoms. The number of carbonyl (C=O) groups excluding carboxylic acids is 1. The predicted octanol–water partition coefficient (Wildman–Crippen LogP) is 1.80. The molecule has 102 valence electrons. The summed E-state index contributed by atoms with van der Waals surface area (Å²) < 4.78 is 5.01. The van der Waals surface area contributed by atoms with Crippen LogP contribution in [0.15, 0.2) is 48.7 Å². The number of carboxylic acids is 1. The Bertz CT molecular complexity index is 614. The maximum absolute atomic E-state index is 12.0. The normalized spacial score (nSPS) is 9.80. The van der Waals surface area contributed by atoms with E-state index in [0.29, 0.717) is 17.1 Å². The Morgan fingerprint density at radius 2 is 2.05 bits per heavy atom. The monoisotopic (exact) mass is 272 g/mol. The first-order chi connectivity index (χ1) is 9.65. The second-order valence-corrected chi connectivity index (χ2v) is 3.88. The molecule has 20 heavy (non-hydrogen) atoms. The number of aromatic nitrogens is 1. The topological polar surface area (TPSA) is 88.5 Å². The maximum Gasteiger partial charge on any atom is 0.341 e. The van der Waals surface area contributed by atoms with E-state index in [1.54, 1.807) is 42.6 Å². The fraction of sp³-hybridized carbons (Fsp3) is 0.0714. The minimum Gasteiger partial charge on any atom is -0.482 e. The van der Waals surface area contributed by atoms with Gasteiger partial charge >= 0.3 is 5.97 Å². The number of nitrogens with zero attached hydrogens (tertiary/aromatic N) is 1. The Morgan fingerprint density at radius 1 is 1.20 bits per heavy atom. The van der Waals surface area contributed by atoms with Crippen molar-refractivity contribution in [1.29, 1.82) is 0 Å². The van der Waals surface area contributed by atoms with E-state index in [9.17, 15) is 9.59 Å². The van der Waals surface area contributed by atoms with E-state index in [1.165, 1.54) is 6.07 Å². The molecule has 0 spiro atoms. The number of ether oxygens (including phenoxy) is 1. The molecule has 0 radical (unpaired) electrons. The lowest BCUT2D eigenvalue weighted by atomic mass is 10.2. The fourth-order valence-corrected chi connectivity index (χ4v) is 1.50.